The minimum atomic E-state index is -0.981. The zero-order valence-corrected chi connectivity index (χ0v) is 12.8. The monoisotopic (exact) mass is 299 g/mol. The van der Waals surface area contributed by atoms with Crippen molar-refractivity contribution in [3.8, 4) is 0 Å². The number of hydrogen-bond donors (Lipinski definition) is 0. The van der Waals surface area contributed by atoms with E-state index in [1.807, 2.05) is 0 Å². The Bertz CT molecular complexity index is 455. The number of fused-ring (bicyclic) bond motifs is 1. The first-order valence-corrected chi connectivity index (χ1v) is 6.98. The number of ether oxygens (including phenoxy) is 3. The van der Waals surface area contributed by atoms with Crippen LogP contribution in [0.2, 0.25) is 0 Å². The average molecular weight is 299 g/mol. The van der Waals surface area contributed by atoms with Crippen LogP contribution in [0.5, 0.6) is 0 Å². The van der Waals surface area contributed by atoms with Crippen LogP contribution in [0.3, 0.4) is 0 Å². The number of carbonyl (C=O) groups is 3. The molecule has 0 saturated carbocycles. The maximum absolute atomic E-state index is 12.5. The van der Waals surface area contributed by atoms with E-state index in [1.54, 1.807) is 20.8 Å². The third-order valence-corrected chi connectivity index (χ3v) is 3.52. The van der Waals surface area contributed by atoms with Gasteiger partial charge in [-0.25, -0.2) is 4.79 Å². The van der Waals surface area contributed by atoms with E-state index < -0.39 is 35.7 Å². The van der Waals surface area contributed by atoms with Crippen molar-refractivity contribution in [2.24, 2.45) is 5.92 Å². The standard InChI is InChI=1S/C14H21NO6/c1-14(2,3)21-13(18)11-8(12(17)19-4)5-6-20-10-7-9(16)15(10)11/h8,10-11H,5-7H2,1-4H3/t8?,10-,11-/m1/s1. The highest BCUT2D eigenvalue weighted by Gasteiger charge is 2.52. The first-order chi connectivity index (χ1) is 9.74. The first kappa shape index (κ1) is 15.8. The predicted octanol–water partition coefficient (Wildman–Crippen LogP) is 0.465. The molecular formula is C14H21NO6. The molecule has 21 heavy (non-hydrogen) atoms. The van der Waals surface area contributed by atoms with E-state index in [0.717, 1.165) is 0 Å². The van der Waals surface area contributed by atoms with E-state index in [0.29, 0.717) is 13.0 Å². The molecular weight excluding hydrogens is 278 g/mol. The molecule has 0 bridgehead atoms. The lowest BCUT2D eigenvalue weighted by Gasteiger charge is -2.43. The van der Waals surface area contributed by atoms with Gasteiger partial charge in [0.25, 0.3) is 0 Å². The van der Waals surface area contributed by atoms with Gasteiger partial charge in [0.2, 0.25) is 5.91 Å². The first-order valence-electron chi connectivity index (χ1n) is 6.98. The lowest BCUT2D eigenvalue weighted by atomic mass is 9.92. The van der Waals surface area contributed by atoms with Crippen molar-refractivity contribution in [3.05, 3.63) is 0 Å². The lowest BCUT2D eigenvalue weighted by molar-refractivity contribution is -0.192. The number of β-lactam (4-membered cyclic amide) rings is 1. The molecule has 0 aromatic carbocycles. The molecule has 7 heteroatoms. The van der Waals surface area contributed by atoms with Crippen molar-refractivity contribution in [2.45, 2.75) is 51.5 Å². The second-order valence-electron chi connectivity index (χ2n) is 6.23. The summed E-state index contributed by atoms with van der Waals surface area (Å²) in [5, 5.41) is 0. The van der Waals surface area contributed by atoms with Gasteiger partial charge in [-0.2, -0.15) is 0 Å². The summed E-state index contributed by atoms with van der Waals surface area (Å²) >= 11 is 0. The number of nitrogens with zero attached hydrogens (tertiary/aromatic N) is 1. The smallest absolute Gasteiger partial charge is 0.330 e. The normalized spacial score (nSPS) is 29.0. The van der Waals surface area contributed by atoms with Crippen molar-refractivity contribution in [2.75, 3.05) is 13.7 Å². The quantitative estimate of drug-likeness (QED) is 0.544. The van der Waals surface area contributed by atoms with Crippen LogP contribution in [0.25, 0.3) is 0 Å². The molecule has 2 rings (SSSR count). The van der Waals surface area contributed by atoms with Crippen molar-refractivity contribution in [1.82, 2.24) is 4.90 Å². The summed E-state index contributed by atoms with van der Waals surface area (Å²) in [6, 6.07) is -0.981. The highest BCUT2D eigenvalue weighted by molar-refractivity contribution is 5.92. The zero-order valence-electron chi connectivity index (χ0n) is 12.8. The molecule has 3 atom stereocenters. The van der Waals surface area contributed by atoms with Crippen LogP contribution in [-0.4, -0.2) is 54.3 Å². The van der Waals surface area contributed by atoms with Crippen LogP contribution in [0.4, 0.5) is 0 Å². The Labute approximate surface area is 123 Å². The largest absolute Gasteiger partial charge is 0.469 e. The van der Waals surface area contributed by atoms with Gasteiger partial charge in [0.15, 0.2) is 0 Å². The molecule has 1 unspecified atom stereocenters. The van der Waals surface area contributed by atoms with Crippen molar-refractivity contribution >= 4 is 17.8 Å². The fourth-order valence-corrected chi connectivity index (χ4v) is 2.60. The zero-order chi connectivity index (χ0) is 15.8. The summed E-state index contributed by atoms with van der Waals surface area (Å²) < 4.78 is 15.6. The van der Waals surface area contributed by atoms with Crippen molar-refractivity contribution in [3.63, 3.8) is 0 Å². The molecule has 0 radical (unpaired) electrons. The maximum atomic E-state index is 12.5. The van der Waals surface area contributed by atoms with Gasteiger partial charge in [-0.1, -0.05) is 0 Å². The van der Waals surface area contributed by atoms with Gasteiger partial charge < -0.3 is 19.1 Å². The third-order valence-electron chi connectivity index (χ3n) is 3.52. The molecule has 2 fully saturated rings. The fourth-order valence-electron chi connectivity index (χ4n) is 2.60. The number of rotatable bonds is 2. The molecule has 1 amide bonds. The van der Waals surface area contributed by atoms with Gasteiger partial charge in [-0.05, 0) is 27.2 Å². The summed E-state index contributed by atoms with van der Waals surface area (Å²) in [4.78, 5) is 37.6. The molecule has 0 aromatic heterocycles. The molecule has 2 aliphatic rings. The van der Waals surface area contributed by atoms with E-state index in [1.165, 1.54) is 12.0 Å². The van der Waals surface area contributed by atoms with Gasteiger partial charge in [0, 0.05) is 0 Å². The van der Waals surface area contributed by atoms with E-state index in [4.69, 9.17) is 14.2 Å². The molecule has 0 aliphatic carbocycles. The van der Waals surface area contributed by atoms with E-state index >= 15 is 0 Å². The molecule has 2 heterocycles. The number of amides is 1. The number of methoxy groups -OCH3 is 1. The second kappa shape index (κ2) is 5.63. The fraction of sp³-hybridized carbons (Fsp3) is 0.786. The average Bonchev–Trinajstić information content (AvgIpc) is 2.51. The SMILES string of the molecule is COC(=O)C1CCO[C@@H]2CC(=O)N2[C@H]1C(=O)OC(C)(C)C. The molecule has 0 aromatic rings. The lowest BCUT2D eigenvalue weighted by Crippen LogP contribution is -2.63. The van der Waals surface area contributed by atoms with E-state index in [-0.39, 0.29) is 12.3 Å². The van der Waals surface area contributed by atoms with E-state index in [9.17, 15) is 14.4 Å². The Kier molecular flexibility index (Phi) is 4.22. The predicted molar refractivity (Wildman–Crippen MR) is 71.0 cm³/mol. The summed E-state index contributed by atoms with van der Waals surface area (Å²) in [6.07, 6.45) is 0.0917. The summed E-state index contributed by atoms with van der Waals surface area (Å²) in [5.41, 5.74) is -0.700. The van der Waals surface area contributed by atoms with Gasteiger partial charge in [-0.3, -0.25) is 9.59 Å². The Morgan fingerprint density at radius 2 is 1.95 bits per heavy atom. The van der Waals surface area contributed by atoms with Crippen LogP contribution in [0, 0.1) is 5.92 Å². The van der Waals surface area contributed by atoms with Gasteiger partial charge in [-0.15, -0.1) is 0 Å². The molecule has 2 aliphatic heterocycles. The summed E-state index contributed by atoms with van der Waals surface area (Å²) in [6.45, 7) is 5.51. The number of carbonyl (C=O) groups excluding carboxylic acids is 3. The Hall–Kier alpha value is -1.63. The van der Waals surface area contributed by atoms with Crippen LogP contribution < -0.4 is 0 Å². The third kappa shape index (κ3) is 3.18. The van der Waals surface area contributed by atoms with E-state index in [2.05, 4.69) is 0 Å². The minimum Gasteiger partial charge on any atom is -0.469 e. The van der Waals surface area contributed by atoms with Crippen LogP contribution >= 0.6 is 0 Å². The van der Waals surface area contributed by atoms with Crippen molar-refractivity contribution in [1.29, 1.82) is 0 Å². The molecule has 118 valence electrons. The maximum Gasteiger partial charge on any atom is 0.330 e. The molecule has 0 N–H and O–H groups in total. The number of hydrogen-bond acceptors (Lipinski definition) is 6. The van der Waals surface area contributed by atoms with Gasteiger partial charge in [0.05, 0.1) is 26.1 Å². The minimum absolute atomic E-state index is 0.216. The van der Waals surface area contributed by atoms with Crippen molar-refractivity contribution < 1.29 is 28.6 Å². The summed E-state index contributed by atoms with van der Waals surface area (Å²) in [5.74, 6) is -2.11. The Balaban J connectivity index is 2.28. The summed E-state index contributed by atoms with van der Waals surface area (Å²) in [7, 11) is 1.26. The Morgan fingerprint density at radius 3 is 2.48 bits per heavy atom. The van der Waals surface area contributed by atoms with Crippen LogP contribution in [-0.2, 0) is 28.6 Å². The van der Waals surface area contributed by atoms with Crippen LogP contribution in [0.15, 0.2) is 0 Å². The van der Waals surface area contributed by atoms with Gasteiger partial charge >= 0.3 is 11.9 Å². The highest BCUT2D eigenvalue weighted by atomic mass is 16.6. The highest BCUT2D eigenvalue weighted by Crippen LogP contribution is 2.33. The van der Waals surface area contributed by atoms with Gasteiger partial charge in [0.1, 0.15) is 17.9 Å². The van der Waals surface area contributed by atoms with Crippen LogP contribution in [0.1, 0.15) is 33.6 Å². The molecule has 7 nitrogen and oxygen atoms in total. The number of esters is 2. The second-order valence-corrected chi connectivity index (χ2v) is 6.23. The molecule has 2 saturated heterocycles. The topological polar surface area (TPSA) is 82.1 Å². The molecule has 0 spiro atoms. The Morgan fingerprint density at radius 1 is 1.29 bits per heavy atom.